The van der Waals surface area contributed by atoms with Crippen molar-refractivity contribution in [3.63, 3.8) is 0 Å². The molecule has 26 heavy (non-hydrogen) atoms. The van der Waals surface area contributed by atoms with Crippen molar-refractivity contribution in [2.45, 2.75) is 77.7 Å². The van der Waals surface area contributed by atoms with Crippen LogP contribution >= 0.6 is 0 Å². The Morgan fingerprint density at radius 3 is 2.12 bits per heavy atom. The van der Waals surface area contributed by atoms with Crippen molar-refractivity contribution < 1.29 is 9.53 Å². The zero-order valence-electron chi connectivity index (χ0n) is 17.3. The maximum atomic E-state index is 12.4. The summed E-state index contributed by atoms with van der Waals surface area (Å²) in [6.45, 7) is 12.9. The van der Waals surface area contributed by atoms with E-state index in [-0.39, 0.29) is 12.2 Å². The first kappa shape index (κ1) is 21.5. The Balaban J connectivity index is 1.64. The monoisotopic (exact) mass is 367 g/mol. The van der Waals surface area contributed by atoms with Gasteiger partial charge in [0.05, 0.1) is 0 Å². The number of hydrogen-bond acceptors (Lipinski definition) is 4. The maximum absolute atomic E-state index is 12.4. The summed E-state index contributed by atoms with van der Waals surface area (Å²) in [5.41, 5.74) is 0. The van der Waals surface area contributed by atoms with Crippen LogP contribution in [-0.2, 0) is 4.74 Å². The molecule has 152 valence electrons. The first-order chi connectivity index (χ1) is 12.7. The van der Waals surface area contributed by atoms with Crippen molar-refractivity contribution in [2.75, 3.05) is 52.4 Å². The molecule has 0 spiro atoms. The van der Waals surface area contributed by atoms with Crippen LogP contribution in [-0.4, -0.2) is 79.3 Å². The van der Waals surface area contributed by atoms with Crippen LogP contribution in [0.4, 0.5) is 4.79 Å². The molecule has 2 rings (SSSR count). The Labute approximate surface area is 161 Å². The van der Waals surface area contributed by atoms with Gasteiger partial charge in [0.15, 0.2) is 0 Å². The fourth-order valence-electron chi connectivity index (χ4n) is 3.94. The van der Waals surface area contributed by atoms with Crippen LogP contribution < -0.4 is 0 Å². The van der Waals surface area contributed by atoms with E-state index in [9.17, 15) is 4.79 Å². The highest BCUT2D eigenvalue weighted by molar-refractivity contribution is 5.68. The standard InChI is InChI=1S/C21H41N3O2/c1-3-5-12-22(13-6-4-2)14-15-23-16-18-24(19-17-23)21(25)26-20-10-8-7-9-11-20/h20H,3-19H2,1-2H3. The molecule has 0 aromatic rings. The van der Waals surface area contributed by atoms with E-state index in [2.05, 4.69) is 23.6 Å². The van der Waals surface area contributed by atoms with Gasteiger partial charge in [-0.15, -0.1) is 0 Å². The number of rotatable bonds is 10. The Morgan fingerprint density at radius 1 is 0.923 bits per heavy atom. The first-order valence-electron chi connectivity index (χ1n) is 11.1. The summed E-state index contributed by atoms with van der Waals surface area (Å²) in [4.78, 5) is 19.4. The van der Waals surface area contributed by atoms with Crippen LogP contribution in [0.5, 0.6) is 0 Å². The lowest BCUT2D eigenvalue weighted by Gasteiger charge is -2.36. The molecule has 0 atom stereocenters. The highest BCUT2D eigenvalue weighted by Gasteiger charge is 2.25. The minimum atomic E-state index is -0.0796. The Bertz CT molecular complexity index is 369. The van der Waals surface area contributed by atoms with Crippen LogP contribution in [0.25, 0.3) is 0 Å². The molecule has 0 unspecified atom stereocenters. The highest BCUT2D eigenvalue weighted by atomic mass is 16.6. The number of carbonyl (C=O) groups is 1. The van der Waals surface area contributed by atoms with Crippen LogP contribution in [0.15, 0.2) is 0 Å². The molecular formula is C21H41N3O2. The van der Waals surface area contributed by atoms with Gasteiger partial charge in [-0.05, 0) is 51.6 Å². The van der Waals surface area contributed by atoms with E-state index < -0.39 is 0 Å². The van der Waals surface area contributed by atoms with Crippen LogP contribution in [0.3, 0.4) is 0 Å². The van der Waals surface area contributed by atoms with Crippen molar-refractivity contribution >= 4 is 6.09 Å². The third-order valence-electron chi connectivity index (χ3n) is 5.84. The molecule has 0 aromatic carbocycles. The summed E-state index contributed by atoms with van der Waals surface area (Å²) in [7, 11) is 0. The largest absolute Gasteiger partial charge is 0.446 e. The lowest BCUT2D eigenvalue weighted by Crippen LogP contribution is -2.51. The average Bonchev–Trinajstić information content (AvgIpc) is 2.68. The van der Waals surface area contributed by atoms with Gasteiger partial charge in [-0.2, -0.15) is 0 Å². The summed E-state index contributed by atoms with van der Waals surface area (Å²) in [5, 5.41) is 0. The zero-order chi connectivity index (χ0) is 18.6. The smallest absolute Gasteiger partial charge is 0.410 e. The summed E-state index contributed by atoms with van der Waals surface area (Å²) in [6, 6.07) is 0. The van der Waals surface area contributed by atoms with Crippen molar-refractivity contribution in [2.24, 2.45) is 0 Å². The molecule has 1 heterocycles. The van der Waals surface area contributed by atoms with Crippen molar-refractivity contribution in [3.05, 3.63) is 0 Å². The van der Waals surface area contributed by atoms with Crippen molar-refractivity contribution in [3.8, 4) is 0 Å². The second-order valence-electron chi connectivity index (χ2n) is 8.02. The summed E-state index contributed by atoms with van der Waals surface area (Å²) >= 11 is 0. The molecule has 1 saturated carbocycles. The van der Waals surface area contributed by atoms with Crippen LogP contribution in [0.1, 0.15) is 71.6 Å². The molecule has 1 aliphatic heterocycles. The third-order valence-corrected chi connectivity index (χ3v) is 5.84. The van der Waals surface area contributed by atoms with E-state index >= 15 is 0 Å². The predicted molar refractivity (Wildman–Crippen MR) is 108 cm³/mol. The molecule has 5 nitrogen and oxygen atoms in total. The summed E-state index contributed by atoms with van der Waals surface area (Å²) in [5.74, 6) is 0. The van der Waals surface area contributed by atoms with Gasteiger partial charge < -0.3 is 14.5 Å². The highest BCUT2D eigenvalue weighted by Crippen LogP contribution is 2.21. The van der Waals surface area contributed by atoms with Gasteiger partial charge in [0, 0.05) is 39.3 Å². The van der Waals surface area contributed by atoms with E-state index in [4.69, 9.17) is 4.74 Å². The summed E-state index contributed by atoms with van der Waals surface area (Å²) in [6.07, 6.45) is 11.0. The average molecular weight is 368 g/mol. The van der Waals surface area contributed by atoms with Crippen molar-refractivity contribution in [1.82, 2.24) is 14.7 Å². The number of nitrogens with zero attached hydrogens (tertiary/aromatic N) is 3. The van der Waals surface area contributed by atoms with Gasteiger partial charge in [0.2, 0.25) is 0 Å². The molecule has 0 N–H and O–H groups in total. The van der Waals surface area contributed by atoms with E-state index in [0.717, 1.165) is 52.1 Å². The van der Waals surface area contributed by atoms with Gasteiger partial charge in [0.25, 0.3) is 0 Å². The van der Waals surface area contributed by atoms with Gasteiger partial charge >= 0.3 is 6.09 Å². The van der Waals surface area contributed by atoms with E-state index in [0.29, 0.717) is 0 Å². The number of piperazine rings is 1. The number of unbranched alkanes of at least 4 members (excludes halogenated alkanes) is 2. The molecule has 5 heteroatoms. The topological polar surface area (TPSA) is 36.0 Å². The van der Waals surface area contributed by atoms with Gasteiger partial charge in [0.1, 0.15) is 6.10 Å². The van der Waals surface area contributed by atoms with Crippen LogP contribution in [0, 0.1) is 0 Å². The molecular weight excluding hydrogens is 326 g/mol. The first-order valence-corrected chi connectivity index (χ1v) is 11.1. The molecule has 0 bridgehead atoms. The van der Waals surface area contributed by atoms with Crippen LogP contribution in [0.2, 0.25) is 0 Å². The molecule has 1 aliphatic carbocycles. The molecule has 2 aliphatic rings. The second-order valence-corrected chi connectivity index (χ2v) is 8.02. The quantitative estimate of drug-likeness (QED) is 0.585. The molecule has 2 fully saturated rings. The third kappa shape index (κ3) is 7.83. The fraction of sp³-hybridized carbons (Fsp3) is 0.952. The molecule has 1 saturated heterocycles. The Kier molecular flexibility index (Phi) is 10.4. The minimum absolute atomic E-state index is 0.0796. The lowest BCUT2D eigenvalue weighted by molar-refractivity contribution is 0.0318. The fourth-order valence-corrected chi connectivity index (χ4v) is 3.94. The summed E-state index contributed by atoms with van der Waals surface area (Å²) < 4.78 is 5.71. The second kappa shape index (κ2) is 12.6. The maximum Gasteiger partial charge on any atom is 0.410 e. The number of amides is 1. The van der Waals surface area contributed by atoms with E-state index in [1.165, 1.54) is 58.0 Å². The zero-order valence-corrected chi connectivity index (χ0v) is 17.3. The minimum Gasteiger partial charge on any atom is -0.446 e. The van der Waals surface area contributed by atoms with Gasteiger partial charge in [-0.3, -0.25) is 4.90 Å². The Morgan fingerprint density at radius 2 is 1.54 bits per heavy atom. The number of carbonyl (C=O) groups excluding carboxylic acids is 1. The van der Waals surface area contributed by atoms with E-state index in [1.807, 2.05) is 4.90 Å². The number of ether oxygens (including phenoxy) is 1. The number of hydrogen-bond donors (Lipinski definition) is 0. The van der Waals surface area contributed by atoms with Crippen molar-refractivity contribution in [1.29, 1.82) is 0 Å². The molecule has 0 aromatic heterocycles. The lowest BCUT2D eigenvalue weighted by atomic mass is 9.98. The normalized spacial score (nSPS) is 19.9. The van der Waals surface area contributed by atoms with E-state index in [1.54, 1.807) is 0 Å². The predicted octanol–water partition coefficient (Wildman–Crippen LogP) is 3.98. The SMILES string of the molecule is CCCCN(CCCC)CCN1CCN(C(=O)OC2CCCCC2)CC1. The van der Waals surface area contributed by atoms with Gasteiger partial charge in [-0.25, -0.2) is 4.79 Å². The molecule has 1 amide bonds. The Hall–Kier alpha value is -0.810. The van der Waals surface area contributed by atoms with Gasteiger partial charge in [-0.1, -0.05) is 33.1 Å². The molecule has 0 radical (unpaired) electrons.